The van der Waals surface area contributed by atoms with Gasteiger partial charge < -0.3 is 30.4 Å². The summed E-state index contributed by atoms with van der Waals surface area (Å²) in [5, 5.41) is 27.9. The summed E-state index contributed by atoms with van der Waals surface area (Å²) in [6.45, 7) is 4.25. The van der Waals surface area contributed by atoms with Crippen LogP contribution in [0.5, 0.6) is 0 Å². The molecule has 1 aliphatic heterocycles. The van der Waals surface area contributed by atoms with Crippen LogP contribution in [0.1, 0.15) is 53.7 Å². The second-order valence-corrected chi connectivity index (χ2v) is 10.8. The molecule has 1 aliphatic rings. The predicted molar refractivity (Wildman–Crippen MR) is 155 cm³/mol. The van der Waals surface area contributed by atoms with E-state index < -0.39 is 17.2 Å². The average Bonchev–Trinajstić information content (AvgIpc) is 2.94. The van der Waals surface area contributed by atoms with Crippen molar-refractivity contribution in [3.63, 3.8) is 0 Å². The molecule has 41 heavy (non-hydrogen) atoms. The third kappa shape index (κ3) is 7.20. The number of carbonyl (C=O) groups is 3. The predicted octanol–water partition coefficient (Wildman–Crippen LogP) is 0.941. The number of anilines is 1. The minimum absolute atomic E-state index is 0.0114. The van der Waals surface area contributed by atoms with E-state index in [2.05, 4.69) is 10.6 Å². The van der Waals surface area contributed by atoms with Gasteiger partial charge in [0.1, 0.15) is 26.2 Å². The number of benzene rings is 2. The molecular weight excluding hydrogens is 530 g/mol. The maximum Gasteiger partial charge on any atom is 0.256 e. The molecule has 1 heterocycles. The zero-order valence-corrected chi connectivity index (χ0v) is 24.3. The zero-order chi connectivity index (χ0) is 30.4. The van der Waals surface area contributed by atoms with Crippen LogP contribution in [0.15, 0.2) is 36.4 Å². The van der Waals surface area contributed by atoms with E-state index in [1.807, 2.05) is 13.8 Å². The fourth-order valence-corrected chi connectivity index (χ4v) is 5.32. The Hall–Kier alpha value is -3.16. The third-order valence-electron chi connectivity index (χ3n) is 7.81. The number of amides is 1. The molecule has 2 aromatic carbocycles. The van der Waals surface area contributed by atoms with Gasteiger partial charge in [-0.1, -0.05) is 24.3 Å². The van der Waals surface area contributed by atoms with E-state index >= 15 is 4.39 Å². The standard InChI is InChI=1S/C29H40BFN4O6/c1-19-15-35(16-20(2)41-19)29(39,40)24-10-5-8-21(26(24)31)14-33-25-11-6-9-22(18-37)23(25)17-34(4)28(30,12-7-13-36)27(38)32-3/h5-6,8-11,13,18-20,33,39-40H,7,12,14-17,30H2,1-4H3,(H,32,38). The largest absolute Gasteiger partial charge is 0.381 e. The first-order valence-corrected chi connectivity index (χ1v) is 13.7. The summed E-state index contributed by atoms with van der Waals surface area (Å²) in [6.07, 6.45) is 1.43. The van der Waals surface area contributed by atoms with Gasteiger partial charge in [0.05, 0.1) is 23.2 Å². The molecular formula is C29H40BFN4O6. The summed E-state index contributed by atoms with van der Waals surface area (Å²) in [5.74, 6) is -3.56. The Labute approximate surface area is 241 Å². The van der Waals surface area contributed by atoms with E-state index in [1.165, 1.54) is 18.0 Å². The first-order valence-electron chi connectivity index (χ1n) is 13.7. The zero-order valence-electron chi connectivity index (χ0n) is 24.3. The van der Waals surface area contributed by atoms with Crippen LogP contribution >= 0.6 is 0 Å². The van der Waals surface area contributed by atoms with Crippen molar-refractivity contribution in [1.82, 2.24) is 15.1 Å². The monoisotopic (exact) mass is 570 g/mol. The molecule has 12 heteroatoms. The highest BCUT2D eigenvalue weighted by Gasteiger charge is 2.41. The number of hydrogen-bond acceptors (Lipinski definition) is 9. The number of hydrogen-bond donors (Lipinski definition) is 4. The molecule has 1 amide bonds. The number of morpholine rings is 1. The van der Waals surface area contributed by atoms with Gasteiger partial charge in [-0.2, -0.15) is 0 Å². The van der Waals surface area contributed by atoms with Crippen molar-refractivity contribution in [3.8, 4) is 0 Å². The number of ether oxygens (including phenoxy) is 1. The molecule has 0 radical (unpaired) electrons. The minimum Gasteiger partial charge on any atom is -0.381 e. The highest BCUT2D eigenvalue weighted by Crippen LogP contribution is 2.31. The second kappa shape index (κ2) is 13.7. The van der Waals surface area contributed by atoms with Crippen LogP contribution in [0.4, 0.5) is 10.1 Å². The Morgan fingerprint density at radius 3 is 2.46 bits per heavy atom. The fourth-order valence-electron chi connectivity index (χ4n) is 5.32. The van der Waals surface area contributed by atoms with E-state index in [9.17, 15) is 24.6 Å². The van der Waals surface area contributed by atoms with Crippen molar-refractivity contribution in [1.29, 1.82) is 0 Å². The smallest absolute Gasteiger partial charge is 0.256 e. The lowest BCUT2D eigenvalue weighted by molar-refractivity contribution is -0.300. The molecule has 3 rings (SSSR count). The summed E-state index contributed by atoms with van der Waals surface area (Å²) >= 11 is 0. The molecule has 1 fully saturated rings. The fraction of sp³-hybridized carbons (Fsp3) is 0.483. The second-order valence-electron chi connectivity index (χ2n) is 10.8. The van der Waals surface area contributed by atoms with Crippen molar-refractivity contribution < 1.29 is 33.7 Å². The number of carbonyl (C=O) groups excluding carboxylic acids is 3. The normalized spacial score (nSPS) is 19.4. The Morgan fingerprint density at radius 2 is 1.85 bits per heavy atom. The van der Waals surface area contributed by atoms with Gasteiger partial charge in [0.15, 0.2) is 0 Å². The maximum absolute atomic E-state index is 15.7. The molecule has 0 spiro atoms. The molecule has 0 saturated carbocycles. The van der Waals surface area contributed by atoms with E-state index in [-0.39, 0.29) is 68.3 Å². The lowest BCUT2D eigenvalue weighted by atomic mass is 9.71. The summed E-state index contributed by atoms with van der Waals surface area (Å²) in [6, 6.07) is 9.54. The van der Waals surface area contributed by atoms with Gasteiger partial charge >= 0.3 is 0 Å². The summed E-state index contributed by atoms with van der Waals surface area (Å²) in [4.78, 5) is 39.0. The van der Waals surface area contributed by atoms with Crippen molar-refractivity contribution in [2.75, 3.05) is 32.5 Å². The van der Waals surface area contributed by atoms with Gasteiger partial charge in [-0.05, 0) is 45.0 Å². The average molecular weight is 570 g/mol. The Balaban J connectivity index is 1.88. The topological polar surface area (TPSA) is 131 Å². The van der Waals surface area contributed by atoms with E-state index in [1.54, 1.807) is 50.1 Å². The van der Waals surface area contributed by atoms with E-state index in [0.717, 1.165) is 6.29 Å². The molecule has 3 atom stereocenters. The van der Waals surface area contributed by atoms with Crippen LogP contribution < -0.4 is 10.6 Å². The third-order valence-corrected chi connectivity index (χ3v) is 7.81. The quantitative estimate of drug-likeness (QED) is 0.158. The maximum atomic E-state index is 15.7. The van der Waals surface area contributed by atoms with E-state index in [0.29, 0.717) is 23.1 Å². The highest BCUT2D eigenvalue weighted by atomic mass is 19.1. The SMILES string of the molecule is BC(CCC=O)(C(=O)NC)N(C)Cc1c(C=O)cccc1NCc1cccc(C(O)(O)N2CC(C)OC(C)C2)c1F. The van der Waals surface area contributed by atoms with E-state index in [4.69, 9.17) is 4.74 Å². The number of likely N-dealkylation sites (N-methyl/N-ethyl adjacent to an activating group) is 2. The van der Waals surface area contributed by atoms with Gasteiger partial charge in [0.25, 0.3) is 5.91 Å². The van der Waals surface area contributed by atoms with Crippen LogP contribution in [0.25, 0.3) is 0 Å². The van der Waals surface area contributed by atoms with Gasteiger partial charge in [0, 0.05) is 56.5 Å². The molecule has 1 saturated heterocycles. The van der Waals surface area contributed by atoms with Crippen LogP contribution in [0.2, 0.25) is 0 Å². The van der Waals surface area contributed by atoms with Crippen LogP contribution in [-0.4, -0.2) is 91.2 Å². The molecule has 4 N–H and O–H groups in total. The number of aldehydes is 2. The summed E-state index contributed by atoms with van der Waals surface area (Å²) in [7, 11) is 5.00. The highest BCUT2D eigenvalue weighted by molar-refractivity contribution is 6.28. The minimum atomic E-state index is -2.54. The van der Waals surface area contributed by atoms with Crippen molar-refractivity contribution >= 4 is 32.0 Å². The summed E-state index contributed by atoms with van der Waals surface area (Å²) in [5.41, 5.74) is 0.445. The number of nitrogens with one attached hydrogen (secondary N) is 2. The van der Waals surface area contributed by atoms with Crippen molar-refractivity contribution in [3.05, 3.63) is 64.5 Å². The first-order chi connectivity index (χ1) is 19.4. The Bertz CT molecular complexity index is 1240. The number of aliphatic hydroxyl groups is 2. The first kappa shape index (κ1) is 32.4. The lowest BCUT2D eigenvalue weighted by Crippen LogP contribution is -2.57. The molecule has 0 bridgehead atoms. The van der Waals surface area contributed by atoms with Crippen LogP contribution in [-0.2, 0) is 33.3 Å². The Kier molecular flexibility index (Phi) is 10.8. The van der Waals surface area contributed by atoms with Gasteiger partial charge in [-0.15, -0.1) is 0 Å². The lowest BCUT2D eigenvalue weighted by Gasteiger charge is -2.42. The van der Waals surface area contributed by atoms with Crippen LogP contribution in [0, 0.1) is 5.82 Å². The summed E-state index contributed by atoms with van der Waals surface area (Å²) < 4.78 is 21.4. The van der Waals surface area contributed by atoms with Gasteiger partial charge in [-0.3, -0.25) is 14.5 Å². The molecule has 10 nitrogen and oxygen atoms in total. The number of nitrogens with zero attached hydrogens (tertiary/aromatic N) is 2. The van der Waals surface area contributed by atoms with Gasteiger partial charge in [0.2, 0.25) is 5.91 Å². The Morgan fingerprint density at radius 1 is 1.20 bits per heavy atom. The number of rotatable bonds is 13. The molecule has 3 unspecified atom stereocenters. The molecule has 0 aromatic heterocycles. The number of halogens is 1. The van der Waals surface area contributed by atoms with Gasteiger partial charge in [-0.25, -0.2) is 9.29 Å². The van der Waals surface area contributed by atoms with Crippen molar-refractivity contribution in [2.24, 2.45) is 0 Å². The van der Waals surface area contributed by atoms with Crippen LogP contribution in [0.3, 0.4) is 0 Å². The molecule has 222 valence electrons. The molecule has 0 aliphatic carbocycles. The molecule has 2 aromatic rings. The van der Waals surface area contributed by atoms with Crippen molar-refractivity contribution in [2.45, 2.75) is 63.3 Å².